The normalized spacial score (nSPS) is 28.0. The molecule has 110 valence electrons. The van der Waals surface area contributed by atoms with Crippen molar-refractivity contribution in [3.05, 3.63) is 57.8 Å². The predicted octanol–water partition coefficient (Wildman–Crippen LogP) is 3.58. The van der Waals surface area contributed by atoms with E-state index in [1.54, 1.807) is 11.1 Å². The number of hydrogen-bond acceptors (Lipinski definition) is 3. The molecule has 0 radical (unpaired) electrons. The second kappa shape index (κ2) is 5.24. The van der Waals surface area contributed by atoms with Gasteiger partial charge in [0, 0.05) is 36.5 Å². The highest BCUT2D eigenvalue weighted by molar-refractivity contribution is 7.09. The molecule has 3 atom stereocenters. The lowest BCUT2D eigenvalue weighted by Gasteiger charge is -2.27. The Balaban J connectivity index is 1.61. The van der Waals surface area contributed by atoms with Crippen molar-refractivity contribution in [1.82, 2.24) is 9.80 Å². The summed E-state index contributed by atoms with van der Waals surface area (Å²) in [5.74, 6) is 1.46. The summed E-state index contributed by atoms with van der Waals surface area (Å²) in [6.45, 7) is 3.55. The molecule has 0 amide bonds. The third-order valence-electron chi connectivity index (χ3n) is 5.08. The fourth-order valence-corrected chi connectivity index (χ4v) is 5.07. The van der Waals surface area contributed by atoms with E-state index in [-0.39, 0.29) is 0 Å². The summed E-state index contributed by atoms with van der Waals surface area (Å²) in [6.07, 6.45) is 0. The van der Waals surface area contributed by atoms with Gasteiger partial charge < -0.3 is 4.90 Å². The van der Waals surface area contributed by atoms with Crippen LogP contribution in [0.1, 0.15) is 28.0 Å². The van der Waals surface area contributed by atoms with Crippen molar-refractivity contribution >= 4 is 11.3 Å². The van der Waals surface area contributed by atoms with Gasteiger partial charge in [-0.25, -0.2) is 0 Å². The highest BCUT2D eigenvalue weighted by Gasteiger charge is 2.46. The number of likely N-dealkylation sites (tertiary alicyclic amines) is 1. The van der Waals surface area contributed by atoms with E-state index in [9.17, 15) is 0 Å². The quantitative estimate of drug-likeness (QED) is 0.854. The number of hydrogen-bond donors (Lipinski definition) is 0. The number of rotatable bonds is 3. The van der Waals surface area contributed by atoms with Crippen LogP contribution in [0.3, 0.4) is 0 Å². The van der Waals surface area contributed by atoms with E-state index in [2.05, 4.69) is 65.7 Å². The van der Waals surface area contributed by atoms with Crippen LogP contribution in [0, 0.1) is 5.92 Å². The maximum atomic E-state index is 2.65. The van der Waals surface area contributed by atoms with Gasteiger partial charge in [0.25, 0.3) is 0 Å². The molecular weight excluding hydrogens is 276 g/mol. The number of fused-ring (bicyclic) bond motifs is 3. The molecule has 1 aromatic carbocycles. The van der Waals surface area contributed by atoms with E-state index >= 15 is 0 Å². The lowest BCUT2D eigenvalue weighted by molar-refractivity contribution is 0.212. The third-order valence-corrected chi connectivity index (χ3v) is 5.94. The molecule has 0 spiro atoms. The molecule has 2 heterocycles. The Morgan fingerprint density at radius 2 is 1.90 bits per heavy atom. The van der Waals surface area contributed by atoms with Crippen LogP contribution >= 0.6 is 11.3 Å². The monoisotopic (exact) mass is 298 g/mol. The van der Waals surface area contributed by atoms with Crippen molar-refractivity contribution in [3.63, 3.8) is 0 Å². The first-order valence-corrected chi connectivity index (χ1v) is 8.62. The molecule has 0 bridgehead atoms. The zero-order valence-electron chi connectivity index (χ0n) is 12.7. The minimum Gasteiger partial charge on any atom is -0.302 e. The first kappa shape index (κ1) is 13.5. The van der Waals surface area contributed by atoms with Crippen LogP contribution < -0.4 is 0 Å². The van der Waals surface area contributed by atoms with E-state index in [1.807, 2.05) is 11.3 Å². The molecule has 21 heavy (non-hydrogen) atoms. The topological polar surface area (TPSA) is 6.48 Å². The summed E-state index contributed by atoms with van der Waals surface area (Å²) in [4.78, 5) is 6.55. The van der Waals surface area contributed by atoms with E-state index in [0.717, 1.165) is 12.5 Å². The van der Waals surface area contributed by atoms with Gasteiger partial charge in [0.1, 0.15) is 0 Å². The van der Waals surface area contributed by atoms with Crippen LogP contribution in [0.5, 0.6) is 0 Å². The first-order chi connectivity index (χ1) is 10.2. The van der Waals surface area contributed by atoms with Gasteiger partial charge in [0.2, 0.25) is 0 Å². The minimum atomic E-state index is 0.583. The summed E-state index contributed by atoms with van der Waals surface area (Å²) in [6, 6.07) is 14.1. The third kappa shape index (κ3) is 2.24. The molecule has 0 saturated carbocycles. The van der Waals surface area contributed by atoms with Gasteiger partial charge in [-0.3, -0.25) is 4.90 Å². The maximum Gasteiger partial charge on any atom is 0.0391 e. The molecule has 0 unspecified atom stereocenters. The van der Waals surface area contributed by atoms with Gasteiger partial charge in [-0.1, -0.05) is 30.3 Å². The van der Waals surface area contributed by atoms with Crippen LogP contribution in [-0.2, 0) is 6.54 Å². The summed E-state index contributed by atoms with van der Waals surface area (Å²) in [7, 11) is 4.46. The predicted molar refractivity (Wildman–Crippen MR) is 88.7 cm³/mol. The van der Waals surface area contributed by atoms with E-state index in [1.165, 1.54) is 18.0 Å². The zero-order valence-corrected chi connectivity index (χ0v) is 13.5. The minimum absolute atomic E-state index is 0.583. The SMILES string of the molecule is CN(C)[C@H]1c2ccccc2[C@@H]2CN(Cc3cccs3)C[C@@H]21. The fraction of sp³-hybridized carbons (Fsp3) is 0.444. The molecule has 1 aromatic heterocycles. The molecule has 0 N–H and O–H groups in total. The van der Waals surface area contributed by atoms with Gasteiger partial charge >= 0.3 is 0 Å². The summed E-state index contributed by atoms with van der Waals surface area (Å²) in [5, 5.41) is 2.18. The van der Waals surface area contributed by atoms with Crippen molar-refractivity contribution in [2.24, 2.45) is 5.92 Å². The van der Waals surface area contributed by atoms with Crippen LogP contribution in [0.2, 0.25) is 0 Å². The Labute approximate surface area is 131 Å². The smallest absolute Gasteiger partial charge is 0.0391 e. The lowest BCUT2D eigenvalue weighted by Crippen LogP contribution is -2.28. The van der Waals surface area contributed by atoms with Gasteiger partial charge in [-0.05, 0) is 42.6 Å². The van der Waals surface area contributed by atoms with E-state index in [0.29, 0.717) is 12.0 Å². The van der Waals surface area contributed by atoms with Crippen molar-refractivity contribution in [2.45, 2.75) is 18.5 Å². The summed E-state index contributed by atoms with van der Waals surface area (Å²) >= 11 is 1.88. The first-order valence-electron chi connectivity index (χ1n) is 7.74. The molecule has 2 aliphatic rings. The van der Waals surface area contributed by atoms with Crippen molar-refractivity contribution in [1.29, 1.82) is 0 Å². The molecule has 3 heteroatoms. The van der Waals surface area contributed by atoms with Crippen molar-refractivity contribution in [2.75, 3.05) is 27.2 Å². The highest BCUT2D eigenvalue weighted by atomic mass is 32.1. The summed E-state index contributed by atoms with van der Waals surface area (Å²) < 4.78 is 0. The molecule has 4 rings (SSSR count). The average Bonchev–Trinajstić information content (AvgIpc) is 3.14. The Morgan fingerprint density at radius 3 is 2.62 bits per heavy atom. The highest BCUT2D eigenvalue weighted by Crippen LogP contribution is 2.51. The molecule has 1 aliphatic carbocycles. The maximum absolute atomic E-state index is 2.65. The molecule has 1 fully saturated rings. The number of nitrogens with zero attached hydrogens (tertiary/aromatic N) is 2. The Hall–Kier alpha value is -1.16. The number of benzene rings is 1. The van der Waals surface area contributed by atoms with Gasteiger partial charge in [0.05, 0.1) is 0 Å². The Kier molecular flexibility index (Phi) is 3.37. The van der Waals surface area contributed by atoms with Crippen LogP contribution in [0.4, 0.5) is 0 Å². The van der Waals surface area contributed by atoms with Crippen molar-refractivity contribution in [3.8, 4) is 0 Å². The van der Waals surface area contributed by atoms with Gasteiger partial charge in [-0.15, -0.1) is 11.3 Å². The standard InChI is InChI=1S/C18H22N2S/c1-19(2)18-15-8-4-3-7-14(15)16-11-20(12-17(16)18)10-13-6-5-9-21-13/h3-9,16-18H,10-12H2,1-2H3/t16-,17-,18-/m0/s1. The second-order valence-corrected chi connectivity index (χ2v) is 7.61. The lowest BCUT2D eigenvalue weighted by atomic mass is 9.94. The van der Waals surface area contributed by atoms with Crippen LogP contribution in [0.15, 0.2) is 41.8 Å². The van der Waals surface area contributed by atoms with Crippen molar-refractivity contribution < 1.29 is 0 Å². The Morgan fingerprint density at radius 1 is 1.10 bits per heavy atom. The van der Waals surface area contributed by atoms with Gasteiger partial charge in [0.15, 0.2) is 0 Å². The summed E-state index contributed by atoms with van der Waals surface area (Å²) in [5.41, 5.74) is 3.16. The van der Waals surface area contributed by atoms with Crippen LogP contribution in [-0.4, -0.2) is 37.0 Å². The average molecular weight is 298 g/mol. The number of thiophene rings is 1. The molecule has 1 saturated heterocycles. The molecule has 2 aromatic rings. The van der Waals surface area contributed by atoms with Crippen LogP contribution in [0.25, 0.3) is 0 Å². The fourth-order valence-electron chi connectivity index (χ4n) is 4.32. The zero-order chi connectivity index (χ0) is 14.4. The molecular formula is C18H22N2S. The van der Waals surface area contributed by atoms with Gasteiger partial charge in [-0.2, -0.15) is 0 Å². The Bertz CT molecular complexity index is 620. The van der Waals surface area contributed by atoms with E-state index < -0.39 is 0 Å². The largest absolute Gasteiger partial charge is 0.302 e. The van der Waals surface area contributed by atoms with E-state index in [4.69, 9.17) is 0 Å². The molecule has 1 aliphatic heterocycles. The molecule has 2 nitrogen and oxygen atoms in total. The second-order valence-electron chi connectivity index (χ2n) is 6.58.